The van der Waals surface area contributed by atoms with Crippen molar-refractivity contribution in [2.24, 2.45) is 0 Å². The predicted octanol–water partition coefficient (Wildman–Crippen LogP) is 1.15. The van der Waals surface area contributed by atoms with Crippen LogP contribution in [0.3, 0.4) is 0 Å². The molecule has 0 spiro atoms. The Labute approximate surface area is 194 Å². The first-order chi connectivity index (χ1) is 16.3. The molecule has 0 aliphatic rings. The molecule has 11 nitrogen and oxygen atoms in total. The first-order valence-corrected chi connectivity index (χ1v) is 11.4. The molecule has 182 valence electrons. The van der Waals surface area contributed by atoms with Crippen molar-refractivity contribution in [3.05, 3.63) is 65.9 Å². The normalized spacial score (nSPS) is 11.1. The SMILES string of the molecule is CCCCCN(C(=O)Cn1c(=O)[nH]c2ccccc2c1=O)c1c(N)n(CCCC)c(=O)[nH]c1=O. The predicted molar refractivity (Wildman–Crippen MR) is 131 cm³/mol. The highest BCUT2D eigenvalue weighted by Crippen LogP contribution is 2.19. The number of carbonyl (C=O) groups is 1. The molecule has 0 fully saturated rings. The Kier molecular flexibility index (Phi) is 7.87. The second-order valence-electron chi connectivity index (χ2n) is 8.12. The first kappa shape index (κ1) is 24.7. The van der Waals surface area contributed by atoms with Gasteiger partial charge in [0.05, 0.1) is 10.9 Å². The zero-order chi connectivity index (χ0) is 24.8. The zero-order valence-electron chi connectivity index (χ0n) is 19.4. The number of anilines is 2. The number of rotatable bonds is 10. The molecular weight excluding hydrogens is 440 g/mol. The summed E-state index contributed by atoms with van der Waals surface area (Å²) in [5.41, 5.74) is 3.63. The summed E-state index contributed by atoms with van der Waals surface area (Å²) in [7, 11) is 0. The van der Waals surface area contributed by atoms with Gasteiger partial charge in [0, 0.05) is 13.1 Å². The summed E-state index contributed by atoms with van der Waals surface area (Å²) in [6, 6.07) is 6.50. The minimum Gasteiger partial charge on any atom is -0.383 e. The summed E-state index contributed by atoms with van der Waals surface area (Å²) >= 11 is 0. The van der Waals surface area contributed by atoms with E-state index >= 15 is 0 Å². The number of nitrogens with one attached hydrogen (secondary N) is 2. The van der Waals surface area contributed by atoms with Gasteiger partial charge in [0.1, 0.15) is 12.4 Å². The number of nitrogens with zero attached hydrogens (tertiary/aromatic N) is 3. The first-order valence-electron chi connectivity index (χ1n) is 11.4. The van der Waals surface area contributed by atoms with Crippen LogP contribution in [0.1, 0.15) is 46.0 Å². The molecule has 0 unspecified atom stereocenters. The van der Waals surface area contributed by atoms with Gasteiger partial charge in [-0.2, -0.15) is 0 Å². The maximum atomic E-state index is 13.4. The number of hydrogen-bond acceptors (Lipinski definition) is 6. The number of fused-ring (bicyclic) bond motifs is 1. The molecule has 0 saturated heterocycles. The lowest BCUT2D eigenvalue weighted by Gasteiger charge is -2.25. The lowest BCUT2D eigenvalue weighted by Crippen LogP contribution is -2.46. The third-order valence-corrected chi connectivity index (χ3v) is 5.69. The number of aromatic nitrogens is 4. The molecule has 1 aromatic carbocycles. The van der Waals surface area contributed by atoms with Gasteiger partial charge in [-0.15, -0.1) is 0 Å². The number of nitrogen functional groups attached to an aromatic ring is 1. The van der Waals surface area contributed by atoms with E-state index in [2.05, 4.69) is 9.97 Å². The lowest BCUT2D eigenvalue weighted by molar-refractivity contribution is -0.119. The molecule has 3 aromatic rings. The summed E-state index contributed by atoms with van der Waals surface area (Å²) in [6.45, 7) is 3.79. The van der Waals surface area contributed by atoms with E-state index < -0.39 is 34.9 Å². The smallest absolute Gasteiger partial charge is 0.330 e. The van der Waals surface area contributed by atoms with Gasteiger partial charge < -0.3 is 15.6 Å². The van der Waals surface area contributed by atoms with Gasteiger partial charge in [0.15, 0.2) is 5.69 Å². The Morgan fingerprint density at radius 2 is 1.62 bits per heavy atom. The van der Waals surface area contributed by atoms with Crippen molar-refractivity contribution in [2.75, 3.05) is 17.2 Å². The van der Waals surface area contributed by atoms with E-state index in [0.717, 1.165) is 23.8 Å². The van der Waals surface area contributed by atoms with Crippen LogP contribution in [0.25, 0.3) is 10.9 Å². The Morgan fingerprint density at radius 1 is 0.941 bits per heavy atom. The van der Waals surface area contributed by atoms with Crippen molar-refractivity contribution in [3.8, 4) is 0 Å². The fourth-order valence-electron chi connectivity index (χ4n) is 3.82. The van der Waals surface area contributed by atoms with Gasteiger partial charge >= 0.3 is 11.4 Å². The Balaban J connectivity index is 2.08. The number of nitrogens with two attached hydrogens (primary N) is 1. The van der Waals surface area contributed by atoms with Crippen molar-refractivity contribution in [1.82, 2.24) is 19.1 Å². The molecule has 2 aromatic heterocycles. The van der Waals surface area contributed by atoms with Gasteiger partial charge in [-0.1, -0.05) is 45.2 Å². The Morgan fingerprint density at radius 3 is 2.32 bits per heavy atom. The van der Waals surface area contributed by atoms with Crippen LogP contribution in [0.4, 0.5) is 11.5 Å². The highest BCUT2D eigenvalue weighted by Gasteiger charge is 2.25. The maximum absolute atomic E-state index is 13.4. The van der Waals surface area contributed by atoms with Crippen molar-refractivity contribution in [1.29, 1.82) is 0 Å². The second kappa shape index (κ2) is 10.8. The van der Waals surface area contributed by atoms with Crippen LogP contribution >= 0.6 is 0 Å². The van der Waals surface area contributed by atoms with Crippen molar-refractivity contribution >= 4 is 28.3 Å². The maximum Gasteiger partial charge on any atom is 0.330 e. The molecule has 2 heterocycles. The van der Waals surface area contributed by atoms with E-state index in [4.69, 9.17) is 5.73 Å². The minimum atomic E-state index is -0.792. The van der Waals surface area contributed by atoms with Crippen LogP contribution in [-0.2, 0) is 17.9 Å². The van der Waals surface area contributed by atoms with E-state index in [-0.39, 0.29) is 30.0 Å². The molecule has 0 atom stereocenters. The van der Waals surface area contributed by atoms with Crippen LogP contribution in [0, 0.1) is 0 Å². The Hall–Kier alpha value is -3.89. The zero-order valence-corrected chi connectivity index (χ0v) is 19.4. The van der Waals surface area contributed by atoms with Crippen LogP contribution < -0.4 is 33.1 Å². The van der Waals surface area contributed by atoms with E-state index in [1.54, 1.807) is 24.3 Å². The molecule has 0 aliphatic heterocycles. The summed E-state index contributed by atoms with van der Waals surface area (Å²) in [4.78, 5) is 69.9. The third kappa shape index (κ3) is 5.03. The monoisotopic (exact) mass is 470 g/mol. The fraction of sp³-hybridized carbons (Fsp3) is 0.435. The highest BCUT2D eigenvalue weighted by molar-refractivity contribution is 5.95. The Bertz CT molecular complexity index is 1410. The number of unbranched alkanes of at least 4 members (excludes halogenated alkanes) is 3. The lowest BCUT2D eigenvalue weighted by atomic mass is 10.2. The molecular formula is C23H30N6O5. The molecule has 34 heavy (non-hydrogen) atoms. The number of hydrogen-bond donors (Lipinski definition) is 3. The van der Waals surface area contributed by atoms with Gasteiger partial charge in [0.25, 0.3) is 11.1 Å². The summed E-state index contributed by atoms with van der Waals surface area (Å²) in [5.74, 6) is -0.774. The molecule has 4 N–H and O–H groups in total. The average molecular weight is 471 g/mol. The number of carbonyl (C=O) groups excluding carboxylic acids is 1. The molecule has 0 aliphatic carbocycles. The molecule has 1 amide bonds. The molecule has 0 bridgehead atoms. The van der Waals surface area contributed by atoms with E-state index in [1.165, 1.54) is 9.47 Å². The molecule has 0 saturated carbocycles. The van der Waals surface area contributed by atoms with Crippen molar-refractivity contribution in [2.45, 2.75) is 59.0 Å². The van der Waals surface area contributed by atoms with Gasteiger partial charge in [-0.05, 0) is 25.0 Å². The van der Waals surface area contributed by atoms with Gasteiger partial charge in [-0.3, -0.25) is 28.5 Å². The number of benzene rings is 1. The van der Waals surface area contributed by atoms with Gasteiger partial charge in [0.2, 0.25) is 5.91 Å². The highest BCUT2D eigenvalue weighted by atomic mass is 16.2. The number of amides is 1. The standard InChI is InChI=1S/C23H30N6O5/c1-3-5-9-13-27(18-19(24)28(12-6-4-2)23(34)26-20(18)31)17(30)14-29-21(32)15-10-7-8-11-16(15)25-22(29)33/h7-8,10-11H,3-6,9,12-14,24H2,1-2H3,(H,25,33)(H,26,31,34). The van der Waals surface area contributed by atoms with Crippen LogP contribution in [-0.4, -0.2) is 31.6 Å². The van der Waals surface area contributed by atoms with E-state index in [0.29, 0.717) is 18.4 Å². The van der Waals surface area contributed by atoms with Crippen LogP contribution in [0.15, 0.2) is 43.4 Å². The summed E-state index contributed by atoms with van der Waals surface area (Å²) < 4.78 is 2.03. The quantitative estimate of drug-likeness (QED) is 0.377. The number of para-hydroxylation sites is 1. The average Bonchev–Trinajstić information content (AvgIpc) is 2.80. The molecule has 0 radical (unpaired) electrons. The van der Waals surface area contributed by atoms with Gasteiger partial charge in [-0.25, -0.2) is 9.59 Å². The van der Waals surface area contributed by atoms with E-state index in [1.807, 2.05) is 13.8 Å². The molecule has 11 heteroatoms. The van der Waals surface area contributed by atoms with Crippen LogP contribution in [0.5, 0.6) is 0 Å². The molecule has 3 rings (SSSR count). The minimum absolute atomic E-state index is 0.119. The van der Waals surface area contributed by atoms with Crippen molar-refractivity contribution in [3.63, 3.8) is 0 Å². The summed E-state index contributed by atoms with van der Waals surface area (Å²) in [6.07, 6.45) is 3.67. The fourth-order valence-corrected chi connectivity index (χ4v) is 3.82. The number of aromatic amines is 2. The second-order valence-corrected chi connectivity index (χ2v) is 8.12. The number of H-pyrrole nitrogens is 2. The van der Waals surface area contributed by atoms with E-state index in [9.17, 15) is 24.0 Å². The largest absolute Gasteiger partial charge is 0.383 e. The third-order valence-electron chi connectivity index (χ3n) is 5.69. The topological polar surface area (TPSA) is 156 Å². The van der Waals surface area contributed by atoms with Crippen LogP contribution in [0.2, 0.25) is 0 Å². The van der Waals surface area contributed by atoms with Crippen molar-refractivity contribution < 1.29 is 4.79 Å². The summed E-state index contributed by atoms with van der Waals surface area (Å²) in [5, 5.41) is 0.262.